The van der Waals surface area contributed by atoms with E-state index in [0.29, 0.717) is 17.2 Å². The molecule has 0 aromatic rings. The smallest absolute Gasteiger partial charge is 0.226 e. The van der Waals surface area contributed by atoms with Crippen LogP contribution in [-0.2, 0) is 4.79 Å². The van der Waals surface area contributed by atoms with Crippen LogP contribution in [0.1, 0.15) is 64.7 Å². The first-order chi connectivity index (χ1) is 10.2. The molecule has 2 saturated carbocycles. The van der Waals surface area contributed by atoms with E-state index in [-0.39, 0.29) is 12.4 Å². The lowest BCUT2D eigenvalue weighted by Crippen LogP contribution is -2.40. The Hall–Kier alpha value is -0.280. The zero-order valence-corrected chi connectivity index (χ0v) is 14.9. The van der Waals surface area contributed by atoms with Gasteiger partial charge in [0, 0.05) is 19.0 Å². The van der Waals surface area contributed by atoms with E-state index in [4.69, 9.17) is 0 Å². The third-order valence-corrected chi connectivity index (χ3v) is 6.10. The van der Waals surface area contributed by atoms with Gasteiger partial charge in [0.25, 0.3) is 0 Å². The van der Waals surface area contributed by atoms with Gasteiger partial charge in [-0.2, -0.15) is 0 Å². The van der Waals surface area contributed by atoms with Crippen molar-refractivity contribution in [3.8, 4) is 0 Å². The van der Waals surface area contributed by atoms with Crippen LogP contribution >= 0.6 is 12.4 Å². The minimum absolute atomic E-state index is 0. The Kier molecular flexibility index (Phi) is 6.58. The third kappa shape index (κ3) is 3.97. The van der Waals surface area contributed by atoms with Crippen molar-refractivity contribution in [3.05, 3.63) is 0 Å². The molecule has 2 aliphatic carbocycles. The fraction of sp³-hybridized carbons (Fsp3) is 0.944. The van der Waals surface area contributed by atoms with Gasteiger partial charge in [0.05, 0.1) is 0 Å². The van der Waals surface area contributed by atoms with Gasteiger partial charge >= 0.3 is 0 Å². The molecular formula is C18H33ClN2O. The van der Waals surface area contributed by atoms with Crippen molar-refractivity contribution in [1.82, 2.24) is 10.2 Å². The molecule has 1 spiro atoms. The topological polar surface area (TPSA) is 32.3 Å². The summed E-state index contributed by atoms with van der Waals surface area (Å²) < 4.78 is 0. The van der Waals surface area contributed by atoms with Crippen LogP contribution in [0.5, 0.6) is 0 Å². The number of piperidine rings is 1. The standard InChI is InChI=1S/C18H32N2O.ClH/c1-2-12-20(14-15-6-4-3-5-7-15)17(21)16-13-18(16)8-10-19-11-9-18;/h15-16,19H,2-14H2,1H3;1H. The van der Waals surface area contributed by atoms with Gasteiger partial charge in [-0.3, -0.25) is 4.79 Å². The maximum atomic E-state index is 12.9. The molecule has 3 fully saturated rings. The normalized spacial score (nSPS) is 27.2. The minimum Gasteiger partial charge on any atom is -0.342 e. The molecule has 1 heterocycles. The van der Waals surface area contributed by atoms with Crippen LogP contribution in [0.3, 0.4) is 0 Å². The highest BCUT2D eigenvalue weighted by Gasteiger charge is 2.58. The summed E-state index contributed by atoms with van der Waals surface area (Å²) in [5, 5.41) is 3.44. The SMILES string of the molecule is CCCN(CC1CCCCC1)C(=O)C1CC12CCNCC2.Cl. The maximum absolute atomic E-state index is 12.9. The van der Waals surface area contributed by atoms with Gasteiger partial charge in [0.1, 0.15) is 0 Å². The number of halogens is 1. The van der Waals surface area contributed by atoms with E-state index in [0.717, 1.165) is 38.5 Å². The van der Waals surface area contributed by atoms with Gasteiger partial charge in [-0.05, 0) is 62.9 Å². The molecule has 1 saturated heterocycles. The number of rotatable bonds is 5. The minimum atomic E-state index is 0. The highest BCUT2D eigenvalue weighted by Crippen LogP contribution is 2.59. The molecule has 0 aromatic heterocycles. The Morgan fingerprint density at radius 1 is 1.18 bits per heavy atom. The summed E-state index contributed by atoms with van der Waals surface area (Å²) in [5.74, 6) is 1.62. The molecule has 0 aromatic carbocycles. The average molecular weight is 329 g/mol. The molecule has 0 radical (unpaired) electrons. The first-order valence-corrected chi connectivity index (χ1v) is 9.25. The Labute approximate surface area is 142 Å². The highest BCUT2D eigenvalue weighted by molar-refractivity contribution is 5.85. The second kappa shape index (κ2) is 8.01. The van der Waals surface area contributed by atoms with Crippen molar-refractivity contribution in [2.24, 2.45) is 17.3 Å². The van der Waals surface area contributed by atoms with Crippen molar-refractivity contribution in [1.29, 1.82) is 0 Å². The van der Waals surface area contributed by atoms with E-state index < -0.39 is 0 Å². The molecule has 128 valence electrons. The summed E-state index contributed by atoms with van der Waals surface area (Å²) in [5.41, 5.74) is 0.390. The summed E-state index contributed by atoms with van der Waals surface area (Å²) >= 11 is 0. The monoisotopic (exact) mass is 328 g/mol. The van der Waals surface area contributed by atoms with Crippen LogP contribution < -0.4 is 5.32 Å². The number of nitrogens with zero attached hydrogens (tertiary/aromatic N) is 1. The van der Waals surface area contributed by atoms with E-state index in [1.54, 1.807) is 0 Å². The van der Waals surface area contributed by atoms with Crippen molar-refractivity contribution in [2.45, 2.75) is 64.7 Å². The molecule has 1 amide bonds. The van der Waals surface area contributed by atoms with Crippen LogP contribution in [0.15, 0.2) is 0 Å². The van der Waals surface area contributed by atoms with E-state index in [9.17, 15) is 4.79 Å². The molecule has 0 bridgehead atoms. The number of carbonyl (C=O) groups excluding carboxylic acids is 1. The number of carbonyl (C=O) groups is 1. The maximum Gasteiger partial charge on any atom is 0.226 e. The first kappa shape index (κ1) is 18.1. The average Bonchev–Trinajstić information content (AvgIpc) is 3.21. The van der Waals surface area contributed by atoms with Crippen LogP contribution in [0.2, 0.25) is 0 Å². The number of hydrogen-bond acceptors (Lipinski definition) is 2. The van der Waals surface area contributed by atoms with Crippen molar-refractivity contribution in [2.75, 3.05) is 26.2 Å². The largest absolute Gasteiger partial charge is 0.342 e. The fourth-order valence-electron chi connectivity index (χ4n) is 4.64. The lowest BCUT2D eigenvalue weighted by Gasteiger charge is -2.31. The number of nitrogens with one attached hydrogen (secondary N) is 1. The van der Waals surface area contributed by atoms with Crippen LogP contribution in [-0.4, -0.2) is 37.0 Å². The molecular weight excluding hydrogens is 296 g/mol. The molecule has 3 aliphatic rings. The summed E-state index contributed by atoms with van der Waals surface area (Å²) in [6.45, 7) is 6.44. The first-order valence-electron chi connectivity index (χ1n) is 9.25. The summed E-state index contributed by atoms with van der Waals surface area (Å²) in [7, 11) is 0. The van der Waals surface area contributed by atoms with Crippen molar-refractivity contribution < 1.29 is 4.79 Å². The van der Waals surface area contributed by atoms with Gasteiger partial charge in [0.15, 0.2) is 0 Å². The molecule has 1 aliphatic heterocycles. The van der Waals surface area contributed by atoms with Crippen molar-refractivity contribution >= 4 is 18.3 Å². The third-order valence-electron chi connectivity index (χ3n) is 6.10. The summed E-state index contributed by atoms with van der Waals surface area (Å²) in [6.07, 6.45) is 11.5. The molecule has 1 unspecified atom stereocenters. The molecule has 3 nitrogen and oxygen atoms in total. The highest BCUT2D eigenvalue weighted by atomic mass is 35.5. The van der Waals surface area contributed by atoms with E-state index in [1.165, 1.54) is 51.4 Å². The van der Waals surface area contributed by atoms with E-state index in [2.05, 4.69) is 17.1 Å². The van der Waals surface area contributed by atoms with Crippen LogP contribution in [0, 0.1) is 17.3 Å². The van der Waals surface area contributed by atoms with Crippen LogP contribution in [0.25, 0.3) is 0 Å². The van der Waals surface area contributed by atoms with Crippen LogP contribution in [0.4, 0.5) is 0 Å². The predicted octanol–water partition coefficient (Wildman–Crippen LogP) is 3.62. The second-order valence-electron chi connectivity index (χ2n) is 7.66. The van der Waals surface area contributed by atoms with Gasteiger partial charge < -0.3 is 10.2 Å². The van der Waals surface area contributed by atoms with E-state index in [1.807, 2.05) is 0 Å². The van der Waals surface area contributed by atoms with Gasteiger partial charge in [-0.1, -0.05) is 26.2 Å². The fourth-order valence-corrected chi connectivity index (χ4v) is 4.64. The zero-order chi connectivity index (χ0) is 14.7. The molecule has 1 N–H and O–H groups in total. The lowest BCUT2D eigenvalue weighted by atomic mass is 9.88. The molecule has 3 rings (SSSR count). The Morgan fingerprint density at radius 2 is 1.86 bits per heavy atom. The van der Waals surface area contributed by atoms with Crippen molar-refractivity contribution in [3.63, 3.8) is 0 Å². The number of hydrogen-bond donors (Lipinski definition) is 1. The van der Waals surface area contributed by atoms with E-state index >= 15 is 0 Å². The Balaban J connectivity index is 0.00000176. The number of amides is 1. The lowest BCUT2D eigenvalue weighted by molar-refractivity contribution is -0.134. The zero-order valence-electron chi connectivity index (χ0n) is 14.1. The summed E-state index contributed by atoms with van der Waals surface area (Å²) in [6, 6.07) is 0. The Morgan fingerprint density at radius 3 is 2.50 bits per heavy atom. The second-order valence-corrected chi connectivity index (χ2v) is 7.66. The molecule has 1 atom stereocenters. The quantitative estimate of drug-likeness (QED) is 0.836. The summed E-state index contributed by atoms with van der Waals surface area (Å²) in [4.78, 5) is 15.2. The molecule has 22 heavy (non-hydrogen) atoms. The van der Waals surface area contributed by atoms with Gasteiger partial charge in [-0.25, -0.2) is 0 Å². The van der Waals surface area contributed by atoms with Gasteiger partial charge in [-0.15, -0.1) is 12.4 Å². The predicted molar refractivity (Wildman–Crippen MR) is 93.3 cm³/mol. The Bertz CT molecular complexity index is 362. The van der Waals surface area contributed by atoms with Gasteiger partial charge in [0.2, 0.25) is 5.91 Å². The molecule has 4 heteroatoms.